The van der Waals surface area contributed by atoms with E-state index in [9.17, 15) is 4.79 Å². The fourth-order valence-electron chi connectivity index (χ4n) is 2.15. The molecule has 0 saturated carbocycles. The molecule has 0 bridgehead atoms. The van der Waals surface area contributed by atoms with Gasteiger partial charge in [0.1, 0.15) is 0 Å². The second-order valence-electron chi connectivity index (χ2n) is 4.48. The van der Waals surface area contributed by atoms with Crippen LogP contribution in [0.3, 0.4) is 0 Å². The first-order chi connectivity index (χ1) is 9.11. The zero-order valence-corrected chi connectivity index (χ0v) is 12.8. The SMILES string of the molecule is O=C(c1cc(Br)ccc1Cl)N1CCN(CCO)CC1. The van der Waals surface area contributed by atoms with Gasteiger partial charge in [0.05, 0.1) is 17.2 Å². The van der Waals surface area contributed by atoms with Crippen LogP contribution in [0.15, 0.2) is 22.7 Å². The molecule has 1 aliphatic heterocycles. The maximum Gasteiger partial charge on any atom is 0.255 e. The molecule has 1 fully saturated rings. The average molecular weight is 348 g/mol. The van der Waals surface area contributed by atoms with Crippen molar-refractivity contribution in [2.24, 2.45) is 0 Å². The van der Waals surface area contributed by atoms with Crippen molar-refractivity contribution in [3.8, 4) is 0 Å². The summed E-state index contributed by atoms with van der Waals surface area (Å²) in [5.74, 6) is -0.0325. The lowest BCUT2D eigenvalue weighted by molar-refractivity contribution is 0.0615. The van der Waals surface area contributed by atoms with Crippen molar-refractivity contribution < 1.29 is 9.90 Å². The number of aliphatic hydroxyl groups excluding tert-OH is 1. The topological polar surface area (TPSA) is 43.8 Å². The Hall–Kier alpha value is -0.620. The van der Waals surface area contributed by atoms with Gasteiger partial charge in [-0.3, -0.25) is 9.69 Å². The number of piperazine rings is 1. The maximum absolute atomic E-state index is 12.4. The highest BCUT2D eigenvalue weighted by molar-refractivity contribution is 9.10. The molecule has 1 amide bonds. The number of hydrogen-bond donors (Lipinski definition) is 1. The molecule has 6 heteroatoms. The van der Waals surface area contributed by atoms with Gasteiger partial charge in [0.25, 0.3) is 5.91 Å². The number of aliphatic hydroxyl groups is 1. The number of rotatable bonds is 3. The fraction of sp³-hybridized carbons (Fsp3) is 0.462. The minimum atomic E-state index is -0.0325. The summed E-state index contributed by atoms with van der Waals surface area (Å²) in [7, 11) is 0. The van der Waals surface area contributed by atoms with Gasteiger partial charge in [-0.15, -0.1) is 0 Å². The molecule has 1 N–H and O–H groups in total. The van der Waals surface area contributed by atoms with Gasteiger partial charge in [0.15, 0.2) is 0 Å². The van der Waals surface area contributed by atoms with E-state index in [4.69, 9.17) is 16.7 Å². The molecule has 0 aromatic heterocycles. The van der Waals surface area contributed by atoms with Crippen LogP contribution in [-0.2, 0) is 0 Å². The Bertz CT molecular complexity index is 462. The third-order valence-electron chi connectivity index (χ3n) is 3.23. The first-order valence-electron chi connectivity index (χ1n) is 6.19. The van der Waals surface area contributed by atoms with E-state index in [-0.39, 0.29) is 12.5 Å². The van der Waals surface area contributed by atoms with Gasteiger partial charge >= 0.3 is 0 Å². The lowest BCUT2D eigenvalue weighted by atomic mass is 10.2. The number of hydrogen-bond acceptors (Lipinski definition) is 3. The Morgan fingerprint density at radius 1 is 1.32 bits per heavy atom. The van der Waals surface area contributed by atoms with Crippen LogP contribution in [0, 0.1) is 0 Å². The Labute approximate surface area is 126 Å². The molecule has 1 saturated heterocycles. The molecular formula is C13H16BrClN2O2. The van der Waals surface area contributed by atoms with Gasteiger partial charge in [0, 0.05) is 37.2 Å². The predicted octanol–water partition coefficient (Wildman–Crippen LogP) is 1.85. The molecule has 1 aromatic rings. The molecular weight excluding hydrogens is 332 g/mol. The quantitative estimate of drug-likeness (QED) is 0.907. The molecule has 2 rings (SSSR count). The first-order valence-corrected chi connectivity index (χ1v) is 7.36. The van der Waals surface area contributed by atoms with Gasteiger partial charge in [0.2, 0.25) is 0 Å². The van der Waals surface area contributed by atoms with Crippen molar-refractivity contribution in [1.82, 2.24) is 9.80 Å². The van der Waals surface area contributed by atoms with Gasteiger partial charge in [-0.2, -0.15) is 0 Å². The van der Waals surface area contributed by atoms with Crippen molar-refractivity contribution in [2.75, 3.05) is 39.3 Å². The van der Waals surface area contributed by atoms with Crippen molar-refractivity contribution in [3.05, 3.63) is 33.3 Å². The summed E-state index contributed by atoms with van der Waals surface area (Å²) in [6.07, 6.45) is 0. The van der Waals surface area contributed by atoms with Crippen LogP contribution in [0.4, 0.5) is 0 Å². The number of amides is 1. The van der Waals surface area contributed by atoms with Crippen molar-refractivity contribution in [1.29, 1.82) is 0 Å². The molecule has 0 spiro atoms. The summed E-state index contributed by atoms with van der Waals surface area (Å²) in [5, 5.41) is 9.37. The molecule has 19 heavy (non-hydrogen) atoms. The molecule has 4 nitrogen and oxygen atoms in total. The van der Waals surface area contributed by atoms with E-state index >= 15 is 0 Å². The zero-order chi connectivity index (χ0) is 13.8. The summed E-state index contributed by atoms with van der Waals surface area (Å²) < 4.78 is 0.846. The van der Waals surface area contributed by atoms with Crippen molar-refractivity contribution in [2.45, 2.75) is 0 Å². The van der Waals surface area contributed by atoms with Gasteiger partial charge in [-0.05, 0) is 18.2 Å². The van der Waals surface area contributed by atoms with Gasteiger partial charge < -0.3 is 10.0 Å². The third kappa shape index (κ3) is 3.69. The van der Waals surface area contributed by atoms with Crippen LogP contribution < -0.4 is 0 Å². The molecule has 0 atom stereocenters. The number of carbonyl (C=O) groups is 1. The molecule has 1 aliphatic rings. The molecule has 0 aliphatic carbocycles. The number of carbonyl (C=O) groups excluding carboxylic acids is 1. The molecule has 104 valence electrons. The van der Waals surface area contributed by atoms with Crippen LogP contribution in [-0.4, -0.2) is 60.1 Å². The van der Waals surface area contributed by atoms with E-state index in [1.165, 1.54) is 0 Å². The normalized spacial score (nSPS) is 16.7. The second kappa shape index (κ2) is 6.70. The molecule has 0 unspecified atom stereocenters. The summed E-state index contributed by atoms with van der Waals surface area (Å²) in [4.78, 5) is 16.3. The predicted molar refractivity (Wildman–Crippen MR) is 78.6 cm³/mol. The van der Waals surface area contributed by atoms with Crippen LogP contribution in [0.1, 0.15) is 10.4 Å². The van der Waals surface area contributed by atoms with Gasteiger partial charge in [-0.1, -0.05) is 27.5 Å². The van der Waals surface area contributed by atoms with E-state index in [1.54, 1.807) is 12.1 Å². The Morgan fingerprint density at radius 2 is 2.00 bits per heavy atom. The van der Waals surface area contributed by atoms with E-state index in [2.05, 4.69) is 20.8 Å². The Balaban J connectivity index is 2.03. The van der Waals surface area contributed by atoms with E-state index in [0.717, 1.165) is 17.6 Å². The van der Waals surface area contributed by atoms with Crippen LogP contribution in [0.5, 0.6) is 0 Å². The lowest BCUT2D eigenvalue weighted by Gasteiger charge is -2.34. The minimum Gasteiger partial charge on any atom is -0.395 e. The number of halogens is 2. The minimum absolute atomic E-state index is 0.0325. The number of nitrogens with zero attached hydrogens (tertiary/aromatic N) is 2. The average Bonchev–Trinajstić information content (AvgIpc) is 2.42. The summed E-state index contributed by atoms with van der Waals surface area (Å²) in [6.45, 7) is 3.74. The van der Waals surface area contributed by atoms with E-state index < -0.39 is 0 Å². The largest absolute Gasteiger partial charge is 0.395 e. The smallest absolute Gasteiger partial charge is 0.255 e. The Kier molecular flexibility index (Phi) is 5.21. The van der Waals surface area contributed by atoms with Crippen molar-refractivity contribution in [3.63, 3.8) is 0 Å². The first kappa shape index (κ1) is 14.8. The molecule has 1 aromatic carbocycles. The zero-order valence-electron chi connectivity index (χ0n) is 10.5. The number of β-amino-alcohol motifs (C(OH)–C–C–N with tert-alkyl or cyclic N) is 1. The van der Waals surface area contributed by atoms with Crippen LogP contribution in [0.2, 0.25) is 5.02 Å². The molecule has 1 heterocycles. The van der Waals surface area contributed by atoms with Crippen LogP contribution in [0.25, 0.3) is 0 Å². The Morgan fingerprint density at radius 3 is 2.63 bits per heavy atom. The number of benzene rings is 1. The highest BCUT2D eigenvalue weighted by Crippen LogP contribution is 2.22. The highest BCUT2D eigenvalue weighted by Gasteiger charge is 2.23. The standard InChI is InChI=1S/C13H16BrClN2O2/c14-10-1-2-12(15)11(9-10)13(19)17-5-3-16(4-6-17)7-8-18/h1-2,9,18H,3-8H2. The maximum atomic E-state index is 12.4. The summed E-state index contributed by atoms with van der Waals surface area (Å²) >= 11 is 9.43. The fourth-order valence-corrected chi connectivity index (χ4v) is 2.71. The van der Waals surface area contributed by atoms with Crippen molar-refractivity contribution >= 4 is 33.4 Å². The summed E-state index contributed by atoms with van der Waals surface area (Å²) in [6, 6.07) is 5.30. The second-order valence-corrected chi connectivity index (χ2v) is 5.80. The van der Waals surface area contributed by atoms with E-state index in [0.29, 0.717) is 30.2 Å². The summed E-state index contributed by atoms with van der Waals surface area (Å²) in [5.41, 5.74) is 0.534. The molecule has 0 radical (unpaired) electrons. The third-order valence-corrected chi connectivity index (χ3v) is 4.06. The van der Waals surface area contributed by atoms with Gasteiger partial charge in [-0.25, -0.2) is 0 Å². The monoisotopic (exact) mass is 346 g/mol. The highest BCUT2D eigenvalue weighted by atomic mass is 79.9. The van der Waals surface area contributed by atoms with E-state index in [1.807, 2.05) is 11.0 Å². The lowest BCUT2D eigenvalue weighted by Crippen LogP contribution is -2.49. The van der Waals surface area contributed by atoms with Crippen LogP contribution >= 0.6 is 27.5 Å².